The van der Waals surface area contributed by atoms with Crippen LogP contribution >= 0.6 is 0 Å². The van der Waals surface area contributed by atoms with Crippen LogP contribution in [0.3, 0.4) is 0 Å². The first kappa shape index (κ1) is 13.0. The van der Waals surface area contributed by atoms with Crippen molar-refractivity contribution in [3.8, 4) is 5.75 Å². The van der Waals surface area contributed by atoms with Crippen LogP contribution in [0.25, 0.3) is 10.8 Å². The Balaban J connectivity index is 1.72. The van der Waals surface area contributed by atoms with E-state index < -0.39 is 0 Å². The van der Waals surface area contributed by atoms with Gasteiger partial charge in [-0.1, -0.05) is 42.5 Å². The van der Waals surface area contributed by atoms with Crippen molar-refractivity contribution in [2.24, 2.45) is 0 Å². The van der Waals surface area contributed by atoms with Gasteiger partial charge in [0.05, 0.1) is 12.2 Å². The molecule has 0 unspecified atom stereocenters. The Morgan fingerprint density at radius 2 is 1.86 bits per heavy atom. The van der Waals surface area contributed by atoms with Crippen LogP contribution in [0.15, 0.2) is 60.7 Å². The molecule has 0 saturated carbocycles. The van der Waals surface area contributed by atoms with Gasteiger partial charge in [0, 0.05) is 18.3 Å². The number of nitrogens with zero attached hydrogens (tertiary/aromatic N) is 1. The number of hydrogen-bond acceptors (Lipinski definition) is 3. The maximum absolute atomic E-state index is 5.86. The molecule has 0 fully saturated rings. The van der Waals surface area contributed by atoms with E-state index in [4.69, 9.17) is 10.5 Å². The fraction of sp³-hybridized carbons (Fsp3) is 0.158. The number of nitrogen functional groups attached to an aromatic ring is 1. The summed E-state index contributed by atoms with van der Waals surface area (Å²) < 4.78 is 5.74. The third kappa shape index (κ3) is 2.25. The zero-order valence-electron chi connectivity index (χ0n) is 12.3. The Hall–Kier alpha value is -2.68. The highest BCUT2D eigenvalue weighted by molar-refractivity contribution is 5.86. The molecule has 0 atom stereocenters. The molecule has 2 N–H and O–H groups in total. The Labute approximate surface area is 129 Å². The maximum Gasteiger partial charge on any atom is 0.144 e. The smallest absolute Gasteiger partial charge is 0.144 e. The van der Waals surface area contributed by atoms with E-state index in [0.717, 1.165) is 30.2 Å². The number of anilines is 2. The van der Waals surface area contributed by atoms with Gasteiger partial charge in [-0.05, 0) is 28.5 Å². The van der Waals surface area contributed by atoms with Crippen molar-refractivity contribution < 1.29 is 4.74 Å². The fourth-order valence-electron chi connectivity index (χ4n) is 3.09. The highest BCUT2D eigenvalue weighted by atomic mass is 16.5. The van der Waals surface area contributed by atoms with Crippen molar-refractivity contribution in [2.45, 2.75) is 6.54 Å². The van der Waals surface area contributed by atoms with Crippen LogP contribution in [0.5, 0.6) is 5.75 Å². The Bertz CT molecular complexity index is 823. The first-order valence-corrected chi connectivity index (χ1v) is 7.55. The lowest BCUT2D eigenvalue weighted by Gasteiger charge is -2.31. The number of ether oxygens (including phenoxy) is 1. The second kappa shape index (κ2) is 5.26. The molecular formula is C19H18N2O. The summed E-state index contributed by atoms with van der Waals surface area (Å²) in [5.74, 6) is 0.881. The molecule has 3 aromatic rings. The van der Waals surface area contributed by atoms with Gasteiger partial charge in [-0.3, -0.25) is 0 Å². The predicted molar refractivity (Wildman–Crippen MR) is 91.3 cm³/mol. The second-order valence-corrected chi connectivity index (χ2v) is 5.64. The predicted octanol–water partition coefficient (Wildman–Crippen LogP) is 3.82. The highest BCUT2D eigenvalue weighted by Gasteiger charge is 2.18. The zero-order valence-corrected chi connectivity index (χ0v) is 12.3. The number of hydrogen-bond donors (Lipinski definition) is 1. The summed E-state index contributed by atoms with van der Waals surface area (Å²) in [6, 6.07) is 20.9. The molecule has 1 aliphatic heterocycles. The number of rotatable bonds is 2. The van der Waals surface area contributed by atoms with E-state index in [1.165, 1.54) is 16.3 Å². The topological polar surface area (TPSA) is 38.5 Å². The lowest BCUT2D eigenvalue weighted by Crippen LogP contribution is -2.32. The van der Waals surface area contributed by atoms with Gasteiger partial charge in [-0.15, -0.1) is 0 Å². The molecule has 0 bridgehead atoms. The van der Waals surface area contributed by atoms with Crippen LogP contribution in [0.2, 0.25) is 0 Å². The molecule has 3 nitrogen and oxygen atoms in total. The zero-order chi connectivity index (χ0) is 14.9. The number of nitrogens with two attached hydrogens (primary N) is 1. The van der Waals surface area contributed by atoms with E-state index in [2.05, 4.69) is 53.4 Å². The largest absolute Gasteiger partial charge is 0.489 e. The average molecular weight is 290 g/mol. The van der Waals surface area contributed by atoms with E-state index in [1.807, 2.05) is 12.1 Å². The molecule has 0 aromatic heterocycles. The van der Waals surface area contributed by atoms with Gasteiger partial charge >= 0.3 is 0 Å². The molecule has 1 heterocycles. The molecule has 0 aliphatic carbocycles. The monoisotopic (exact) mass is 290 g/mol. The van der Waals surface area contributed by atoms with Gasteiger partial charge in [0.25, 0.3) is 0 Å². The standard InChI is InChI=1S/C19H18N2O/c20-16-8-9-18-19(12-16)22-11-10-21(18)13-15-6-3-5-14-4-1-2-7-17(14)15/h1-9,12H,10-11,13,20H2. The van der Waals surface area contributed by atoms with Crippen LogP contribution < -0.4 is 15.4 Å². The lowest BCUT2D eigenvalue weighted by molar-refractivity contribution is 0.307. The molecule has 3 heteroatoms. The minimum Gasteiger partial charge on any atom is -0.489 e. The van der Waals surface area contributed by atoms with Crippen LogP contribution in [0.1, 0.15) is 5.56 Å². The van der Waals surface area contributed by atoms with E-state index in [1.54, 1.807) is 0 Å². The summed E-state index contributed by atoms with van der Waals surface area (Å²) in [6.07, 6.45) is 0. The summed E-state index contributed by atoms with van der Waals surface area (Å²) in [6.45, 7) is 2.46. The average Bonchev–Trinajstić information content (AvgIpc) is 2.55. The molecule has 3 aromatic carbocycles. The van der Waals surface area contributed by atoms with Crippen LogP contribution in [-0.2, 0) is 6.54 Å². The van der Waals surface area contributed by atoms with Gasteiger partial charge in [0.2, 0.25) is 0 Å². The van der Waals surface area contributed by atoms with Gasteiger partial charge in [0.15, 0.2) is 0 Å². The second-order valence-electron chi connectivity index (χ2n) is 5.64. The van der Waals surface area contributed by atoms with Crippen molar-refractivity contribution in [1.82, 2.24) is 0 Å². The fourth-order valence-corrected chi connectivity index (χ4v) is 3.09. The van der Waals surface area contributed by atoms with Crippen LogP contribution in [-0.4, -0.2) is 13.2 Å². The Kier molecular flexibility index (Phi) is 3.11. The number of benzene rings is 3. The minimum absolute atomic E-state index is 0.696. The molecule has 0 spiro atoms. The SMILES string of the molecule is Nc1ccc2c(c1)OCCN2Cc1cccc2ccccc12. The van der Waals surface area contributed by atoms with Crippen molar-refractivity contribution in [3.05, 3.63) is 66.2 Å². The summed E-state index contributed by atoms with van der Waals surface area (Å²) in [7, 11) is 0. The highest BCUT2D eigenvalue weighted by Crippen LogP contribution is 2.34. The number of fused-ring (bicyclic) bond motifs is 2. The summed E-state index contributed by atoms with van der Waals surface area (Å²) in [5, 5.41) is 2.60. The normalized spacial score (nSPS) is 13.7. The van der Waals surface area contributed by atoms with Crippen molar-refractivity contribution in [1.29, 1.82) is 0 Å². The molecule has 110 valence electrons. The van der Waals surface area contributed by atoms with Crippen molar-refractivity contribution in [2.75, 3.05) is 23.8 Å². The molecule has 0 amide bonds. The maximum atomic E-state index is 5.86. The van der Waals surface area contributed by atoms with Crippen LogP contribution in [0.4, 0.5) is 11.4 Å². The van der Waals surface area contributed by atoms with Gasteiger partial charge in [0.1, 0.15) is 12.4 Å². The molecule has 0 radical (unpaired) electrons. The first-order chi connectivity index (χ1) is 10.8. The lowest BCUT2D eigenvalue weighted by atomic mass is 10.0. The molecule has 1 aliphatic rings. The van der Waals surface area contributed by atoms with E-state index in [9.17, 15) is 0 Å². The quantitative estimate of drug-likeness (QED) is 0.729. The summed E-state index contributed by atoms with van der Waals surface area (Å²) in [5.41, 5.74) is 9.05. The van der Waals surface area contributed by atoms with Crippen molar-refractivity contribution in [3.63, 3.8) is 0 Å². The van der Waals surface area contributed by atoms with E-state index in [0.29, 0.717) is 6.61 Å². The van der Waals surface area contributed by atoms with E-state index in [-0.39, 0.29) is 0 Å². The first-order valence-electron chi connectivity index (χ1n) is 7.55. The van der Waals surface area contributed by atoms with E-state index >= 15 is 0 Å². The Morgan fingerprint density at radius 3 is 2.82 bits per heavy atom. The summed E-state index contributed by atoms with van der Waals surface area (Å²) >= 11 is 0. The third-order valence-electron chi connectivity index (χ3n) is 4.18. The molecule has 22 heavy (non-hydrogen) atoms. The molecule has 4 rings (SSSR count). The van der Waals surface area contributed by atoms with Crippen LogP contribution in [0, 0.1) is 0 Å². The van der Waals surface area contributed by atoms with Gasteiger partial charge < -0.3 is 15.4 Å². The van der Waals surface area contributed by atoms with Crippen molar-refractivity contribution >= 4 is 22.1 Å². The summed E-state index contributed by atoms with van der Waals surface area (Å²) in [4.78, 5) is 2.36. The molecule has 0 saturated heterocycles. The van der Waals surface area contributed by atoms with Gasteiger partial charge in [-0.2, -0.15) is 0 Å². The molecular weight excluding hydrogens is 272 g/mol. The third-order valence-corrected chi connectivity index (χ3v) is 4.18. The van der Waals surface area contributed by atoms with Gasteiger partial charge in [-0.25, -0.2) is 0 Å². The Morgan fingerprint density at radius 1 is 1.00 bits per heavy atom. The minimum atomic E-state index is 0.696.